The summed E-state index contributed by atoms with van der Waals surface area (Å²) in [6.07, 6.45) is 10.4. The Bertz CT molecular complexity index is 871. The van der Waals surface area contributed by atoms with Crippen molar-refractivity contribution in [3.05, 3.63) is 0 Å². The number of fused-ring (bicyclic) bond motifs is 1. The molecule has 0 bridgehead atoms. The number of carbonyl (C=O) groups is 5. The second kappa shape index (κ2) is 19.6. The lowest BCUT2D eigenvalue weighted by Gasteiger charge is -2.34. The number of hydrogen-bond donors (Lipinski definition) is 5. The van der Waals surface area contributed by atoms with Gasteiger partial charge in [0.1, 0.15) is 0 Å². The van der Waals surface area contributed by atoms with Crippen molar-refractivity contribution < 1.29 is 24.0 Å². The number of thioether (sulfide) groups is 1. The van der Waals surface area contributed by atoms with Crippen LogP contribution in [-0.4, -0.2) is 115 Å². The van der Waals surface area contributed by atoms with E-state index in [4.69, 9.17) is 0 Å². The summed E-state index contributed by atoms with van der Waals surface area (Å²) in [7, 11) is 0. The number of hydrogen-bond acceptors (Lipinski definition) is 7. The van der Waals surface area contributed by atoms with Crippen molar-refractivity contribution in [2.24, 2.45) is 0 Å². The number of piperazine rings is 1. The van der Waals surface area contributed by atoms with Crippen molar-refractivity contribution in [1.29, 1.82) is 0 Å². The standard InChI is InChI=1S/C29H51N7O5S/c37-22-30-15-16-35-17-19-36(20-18-35)27(40)12-4-2-8-14-31-25(38)10-3-1-7-13-32-26(39)11-6-5-9-24-28-23(21-42-24)33-29(41)34-28/h22-24,28H,1-21H2,(H,30,37)(H,31,38)(H,32,39)(H2,33,34,41). The van der Waals surface area contributed by atoms with Crippen LogP contribution in [0.5, 0.6) is 0 Å². The quantitative estimate of drug-likeness (QED) is 0.0739. The van der Waals surface area contributed by atoms with Crippen LogP contribution in [0.3, 0.4) is 0 Å². The Morgan fingerprint density at radius 2 is 1.45 bits per heavy atom. The highest BCUT2D eigenvalue weighted by molar-refractivity contribution is 8.00. The predicted octanol–water partition coefficient (Wildman–Crippen LogP) is 0.956. The average Bonchev–Trinajstić information content (AvgIpc) is 3.54. The van der Waals surface area contributed by atoms with Gasteiger partial charge in [0.15, 0.2) is 0 Å². The first-order valence-corrected chi connectivity index (χ1v) is 16.9. The third-order valence-corrected chi connectivity index (χ3v) is 9.76. The summed E-state index contributed by atoms with van der Waals surface area (Å²) in [6, 6.07) is 0.416. The van der Waals surface area contributed by atoms with E-state index in [1.54, 1.807) is 0 Å². The van der Waals surface area contributed by atoms with E-state index >= 15 is 0 Å². The molecule has 0 aromatic carbocycles. The second-order valence-corrected chi connectivity index (χ2v) is 12.8. The summed E-state index contributed by atoms with van der Waals surface area (Å²) in [5.74, 6) is 1.32. The number of amides is 6. The molecule has 3 aliphatic rings. The summed E-state index contributed by atoms with van der Waals surface area (Å²) in [6.45, 7) is 5.91. The zero-order valence-electron chi connectivity index (χ0n) is 25.0. The Morgan fingerprint density at radius 1 is 0.810 bits per heavy atom. The lowest BCUT2D eigenvalue weighted by Crippen LogP contribution is -2.49. The van der Waals surface area contributed by atoms with Crippen LogP contribution in [0.1, 0.15) is 77.0 Å². The summed E-state index contributed by atoms with van der Waals surface area (Å²) in [5.41, 5.74) is 0. The van der Waals surface area contributed by atoms with Crippen molar-refractivity contribution in [2.45, 2.75) is 94.4 Å². The zero-order chi connectivity index (χ0) is 30.0. The highest BCUT2D eigenvalue weighted by atomic mass is 32.2. The molecule has 0 aliphatic carbocycles. The van der Waals surface area contributed by atoms with Crippen LogP contribution >= 0.6 is 11.8 Å². The Balaban J connectivity index is 1.05. The molecular weight excluding hydrogens is 558 g/mol. The van der Waals surface area contributed by atoms with Gasteiger partial charge in [-0.1, -0.05) is 19.3 Å². The molecule has 238 valence electrons. The number of rotatable bonds is 21. The van der Waals surface area contributed by atoms with E-state index in [2.05, 4.69) is 31.5 Å². The zero-order valence-corrected chi connectivity index (χ0v) is 25.8. The molecule has 3 aliphatic heterocycles. The van der Waals surface area contributed by atoms with Gasteiger partial charge in [-0.25, -0.2) is 4.79 Å². The van der Waals surface area contributed by atoms with Crippen LogP contribution in [0.25, 0.3) is 0 Å². The van der Waals surface area contributed by atoms with Gasteiger partial charge in [0.25, 0.3) is 0 Å². The molecule has 6 amide bonds. The maximum atomic E-state index is 12.4. The molecule has 12 nitrogen and oxygen atoms in total. The van der Waals surface area contributed by atoms with E-state index in [0.29, 0.717) is 50.6 Å². The monoisotopic (exact) mass is 609 g/mol. The molecule has 42 heavy (non-hydrogen) atoms. The van der Waals surface area contributed by atoms with E-state index in [0.717, 1.165) is 96.3 Å². The van der Waals surface area contributed by atoms with Crippen molar-refractivity contribution in [1.82, 2.24) is 36.4 Å². The van der Waals surface area contributed by atoms with Gasteiger partial charge in [0.2, 0.25) is 24.1 Å². The molecule has 0 radical (unpaired) electrons. The second-order valence-electron chi connectivity index (χ2n) is 11.5. The molecule has 3 heterocycles. The normalized spacial score (nSPS) is 21.8. The fourth-order valence-corrected chi connectivity index (χ4v) is 7.28. The minimum absolute atomic E-state index is 0.0585. The number of nitrogens with one attached hydrogen (secondary N) is 5. The maximum absolute atomic E-state index is 12.4. The fourth-order valence-electron chi connectivity index (χ4n) is 5.73. The molecule has 3 saturated heterocycles. The highest BCUT2D eigenvalue weighted by Crippen LogP contribution is 2.33. The van der Waals surface area contributed by atoms with Crippen molar-refractivity contribution in [3.63, 3.8) is 0 Å². The molecule has 3 atom stereocenters. The Kier molecular flexibility index (Phi) is 15.9. The van der Waals surface area contributed by atoms with Crippen LogP contribution in [0.4, 0.5) is 4.79 Å². The predicted molar refractivity (Wildman–Crippen MR) is 164 cm³/mol. The van der Waals surface area contributed by atoms with Crippen LogP contribution in [0, 0.1) is 0 Å². The number of carbonyl (C=O) groups excluding carboxylic acids is 5. The minimum Gasteiger partial charge on any atom is -0.357 e. The lowest BCUT2D eigenvalue weighted by molar-refractivity contribution is -0.133. The largest absolute Gasteiger partial charge is 0.357 e. The molecule has 0 aromatic rings. The summed E-state index contributed by atoms with van der Waals surface area (Å²) in [5, 5.41) is 15.0. The van der Waals surface area contributed by atoms with Crippen LogP contribution in [0.2, 0.25) is 0 Å². The van der Waals surface area contributed by atoms with E-state index < -0.39 is 0 Å². The average molecular weight is 610 g/mol. The van der Waals surface area contributed by atoms with Crippen molar-refractivity contribution in [3.8, 4) is 0 Å². The third kappa shape index (κ3) is 12.8. The van der Waals surface area contributed by atoms with Gasteiger partial charge in [-0.3, -0.25) is 24.1 Å². The molecule has 3 unspecified atom stereocenters. The summed E-state index contributed by atoms with van der Waals surface area (Å²) < 4.78 is 0. The molecule has 0 spiro atoms. The minimum atomic E-state index is -0.0585. The van der Waals surface area contributed by atoms with Crippen LogP contribution < -0.4 is 26.6 Å². The topological polar surface area (TPSA) is 152 Å². The first-order chi connectivity index (χ1) is 20.5. The Hall–Kier alpha value is -2.54. The van der Waals surface area contributed by atoms with Gasteiger partial charge in [0, 0.05) is 82.6 Å². The first kappa shape index (κ1) is 34.0. The number of nitrogens with zero attached hydrogens (tertiary/aromatic N) is 2. The van der Waals surface area contributed by atoms with Crippen molar-refractivity contribution in [2.75, 3.05) is 58.1 Å². The van der Waals surface area contributed by atoms with E-state index in [1.807, 2.05) is 16.7 Å². The number of urea groups is 1. The Labute approximate surface area is 254 Å². The number of unbranched alkanes of at least 4 members (excludes halogenated alkanes) is 5. The van der Waals surface area contributed by atoms with Gasteiger partial charge in [-0.05, 0) is 38.5 Å². The van der Waals surface area contributed by atoms with Gasteiger partial charge in [-0.2, -0.15) is 11.8 Å². The maximum Gasteiger partial charge on any atom is 0.315 e. The fraction of sp³-hybridized carbons (Fsp3) is 0.828. The molecule has 0 aromatic heterocycles. The van der Waals surface area contributed by atoms with Gasteiger partial charge < -0.3 is 31.5 Å². The van der Waals surface area contributed by atoms with Gasteiger partial charge >= 0.3 is 6.03 Å². The molecular formula is C29H51N7O5S. The third-order valence-electron chi connectivity index (χ3n) is 8.25. The van der Waals surface area contributed by atoms with E-state index in [-0.39, 0.29) is 35.8 Å². The molecule has 5 N–H and O–H groups in total. The van der Waals surface area contributed by atoms with Crippen LogP contribution in [-0.2, 0) is 19.2 Å². The molecule has 0 saturated carbocycles. The van der Waals surface area contributed by atoms with E-state index in [1.165, 1.54) is 0 Å². The highest BCUT2D eigenvalue weighted by Gasteiger charge is 2.42. The molecule has 3 rings (SSSR count). The Morgan fingerprint density at radius 3 is 2.12 bits per heavy atom. The SMILES string of the molecule is O=CNCCN1CCN(C(=O)CCCCCNC(=O)CCCCCNC(=O)CCCCC2SCC3NC(=O)NC32)CC1. The van der Waals surface area contributed by atoms with Crippen LogP contribution in [0.15, 0.2) is 0 Å². The first-order valence-electron chi connectivity index (χ1n) is 15.9. The van der Waals surface area contributed by atoms with Gasteiger partial charge in [0.05, 0.1) is 12.1 Å². The molecule has 13 heteroatoms. The molecule has 3 fully saturated rings. The van der Waals surface area contributed by atoms with Crippen molar-refractivity contribution >= 4 is 41.9 Å². The van der Waals surface area contributed by atoms with E-state index in [9.17, 15) is 24.0 Å². The van der Waals surface area contributed by atoms with Gasteiger partial charge in [-0.15, -0.1) is 0 Å². The summed E-state index contributed by atoms with van der Waals surface area (Å²) >= 11 is 1.91. The lowest BCUT2D eigenvalue weighted by atomic mass is 10.0. The smallest absolute Gasteiger partial charge is 0.315 e. The summed E-state index contributed by atoms with van der Waals surface area (Å²) in [4.78, 5) is 62.6.